The molecule has 2 aliphatic heterocycles. The molecule has 3 fully saturated rings. The Labute approximate surface area is 164 Å². The number of piperidine rings is 1. The monoisotopic (exact) mass is 378 g/mol. The molecule has 5 heteroatoms. The Morgan fingerprint density at radius 3 is 2.33 bits per heavy atom. The maximum Gasteiger partial charge on any atom is 0.223 e. The highest BCUT2D eigenvalue weighted by Crippen LogP contribution is 2.39. The molecule has 0 radical (unpaired) electrons. The van der Waals surface area contributed by atoms with Gasteiger partial charge in [0.2, 0.25) is 11.8 Å². The molecule has 27 heavy (non-hydrogen) atoms. The lowest BCUT2D eigenvalue weighted by atomic mass is 9.87. The molecule has 0 aromatic heterocycles. The van der Waals surface area contributed by atoms with Gasteiger partial charge in [0.05, 0.1) is 11.7 Å². The summed E-state index contributed by atoms with van der Waals surface area (Å²) in [6.07, 6.45) is 10.4. The third-order valence-corrected chi connectivity index (χ3v) is 6.53. The molecule has 1 spiro atoms. The summed E-state index contributed by atoms with van der Waals surface area (Å²) in [4.78, 5) is 26.8. The van der Waals surface area contributed by atoms with Gasteiger partial charge in [-0.05, 0) is 43.9 Å². The third-order valence-electron chi connectivity index (χ3n) is 6.53. The van der Waals surface area contributed by atoms with Crippen molar-refractivity contribution in [2.24, 2.45) is 11.3 Å². The lowest BCUT2D eigenvalue weighted by molar-refractivity contribution is -0.140. The number of amides is 2. The molecule has 1 N–H and O–H groups in total. The van der Waals surface area contributed by atoms with E-state index in [1.54, 1.807) is 0 Å². The molecule has 5 nitrogen and oxygen atoms in total. The van der Waals surface area contributed by atoms with Crippen molar-refractivity contribution in [3.8, 4) is 0 Å². The fraction of sp³-hybridized carbons (Fsp3) is 0.909. The fourth-order valence-electron chi connectivity index (χ4n) is 4.86. The van der Waals surface area contributed by atoms with Crippen molar-refractivity contribution in [1.82, 2.24) is 10.2 Å². The molecule has 0 unspecified atom stereocenters. The van der Waals surface area contributed by atoms with Crippen LogP contribution in [0.5, 0.6) is 0 Å². The summed E-state index contributed by atoms with van der Waals surface area (Å²) in [5.41, 5.74) is -0.0313. The van der Waals surface area contributed by atoms with Gasteiger partial charge < -0.3 is 15.0 Å². The van der Waals surface area contributed by atoms with E-state index < -0.39 is 0 Å². The molecule has 0 aromatic carbocycles. The number of nitrogens with zero attached hydrogens (tertiary/aromatic N) is 1. The second-order valence-electron chi connectivity index (χ2n) is 10.2. The van der Waals surface area contributed by atoms with Crippen LogP contribution in [0.4, 0.5) is 0 Å². The van der Waals surface area contributed by atoms with Crippen molar-refractivity contribution in [1.29, 1.82) is 0 Å². The van der Waals surface area contributed by atoms with Crippen LogP contribution in [-0.4, -0.2) is 48.1 Å². The number of rotatable bonds is 4. The highest BCUT2D eigenvalue weighted by Gasteiger charge is 2.43. The van der Waals surface area contributed by atoms with Crippen molar-refractivity contribution in [3.05, 3.63) is 0 Å². The fourth-order valence-corrected chi connectivity index (χ4v) is 4.86. The Hall–Kier alpha value is -1.10. The number of carbonyl (C=O) groups is 2. The van der Waals surface area contributed by atoms with E-state index in [9.17, 15) is 9.59 Å². The van der Waals surface area contributed by atoms with E-state index in [1.807, 2.05) is 4.90 Å². The van der Waals surface area contributed by atoms with Gasteiger partial charge in [-0.25, -0.2) is 0 Å². The number of ether oxygens (including phenoxy) is 1. The van der Waals surface area contributed by atoms with Crippen LogP contribution in [0, 0.1) is 11.3 Å². The number of nitrogens with one attached hydrogen (secondary N) is 1. The number of hydrogen-bond donors (Lipinski definition) is 1. The predicted molar refractivity (Wildman–Crippen MR) is 106 cm³/mol. The maximum atomic E-state index is 12.4. The number of likely N-dealkylation sites (tertiary alicyclic amines) is 1. The van der Waals surface area contributed by atoms with E-state index >= 15 is 0 Å². The number of hydrogen-bond acceptors (Lipinski definition) is 3. The molecular weight excluding hydrogens is 340 g/mol. The van der Waals surface area contributed by atoms with E-state index in [-0.39, 0.29) is 34.9 Å². The summed E-state index contributed by atoms with van der Waals surface area (Å²) in [5.74, 6) is 0.708. The van der Waals surface area contributed by atoms with Crippen LogP contribution < -0.4 is 5.32 Å². The zero-order chi connectivity index (χ0) is 19.5. The predicted octanol–water partition coefficient (Wildman–Crippen LogP) is 3.66. The first-order valence-electron chi connectivity index (χ1n) is 11.0. The van der Waals surface area contributed by atoms with Crippen LogP contribution in [0.3, 0.4) is 0 Å². The van der Waals surface area contributed by atoms with E-state index in [0.717, 1.165) is 51.6 Å². The molecule has 2 heterocycles. The molecule has 0 aromatic rings. The van der Waals surface area contributed by atoms with Gasteiger partial charge in [-0.3, -0.25) is 9.59 Å². The van der Waals surface area contributed by atoms with Gasteiger partial charge in [0, 0.05) is 32.0 Å². The molecule has 3 rings (SSSR count). The van der Waals surface area contributed by atoms with Crippen LogP contribution >= 0.6 is 0 Å². The van der Waals surface area contributed by atoms with Crippen molar-refractivity contribution in [3.63, 3.8) is 0 Å². The van der Waals surface area contributed by atoms with Crippen LogP contribution in [0.25, 0.3) is 0 Å². The Kier molecular flexibility index (Phi) is 6.50. The second-order valence-corrected chi connectivity index (χ2v) is 10.2. The summed E-state index contributed by atoms with van der Waals surface area (Å²) in [6, 6.07) is 0. The molecule has 154 valence electrons. The second kappa shape index (κ2) is 8.50. The molecule has 3 aliphatic rings. The van der Waals surface area contributed by atoms with Gasteiger partial charge in [0.25, 0.3) is 0 Å². The maximum absolute atomic E-state index is 12.4. The SMILES string of the molecule is CC(C)(C)CC(=O)N1CCC2(CC[C@H](CNC(=O)C3CCCCC3)O2)CC1. The van der Waals surface area contributed by atoms with Crippen LogP contribution in [0.2, 0.25) is 0 Å². The van der Waals surface area contributed by atoms with Crippen LogP contribution in [-0.2, 0) is 14.3 Å². The first kappa shape index (κ1) is 20.6. The Bertz CT molecular complexity index is 526. The standard InChI is InChI=1S/C22H38N2O3/c1-21(2,3)15-19(25)24-13-11-22(12-14-24)10-9-18(27-22)16-23-20(26)17-7-5-4-6-8-17/h17-18H,4-16H2,1-3H3,(H,23,26)/t18-/m1/s1. The van der Waals surface area contributed by atoms with Crippen molar-refractivity contribution < 1.29 is 14.3 Å². The lowest BCUT2D eigenvalue weighted by Gasteiger charge is -2.40. The molecule has 2 saturated heterocycles. The minimum absolute atomic E-state index is 0.0394. The zero-order valence-corrected chi connectivity index (χ0v) is 17.5. The van der Waals surface area contributed by atoms with Crippen LogP contribution in [0.15, 0.2) is 0 Å². The van der Waals surface area contributed by atoms with Gasteiger partial charge >= 0.3 is 0 Å². The Balaban J connectivity index is 1.40. The average Bonchev–Trinajstić information content (AvgIpc) is 3.02. The third kappa shape index (κ3) is 5.69. The van der Waals surface area contributed by atoms with Crippen molar-refractivity contribution in [2.75, 3.05) is 19.6 Å². The molecule has 1 saturated carbocycles. The normalized spacial score (nSPS) is 26.3. The van der Waals surface area contributed by atoms with E-state index in [2.05, 4.69) is 26.1 Å². The molecular formula is C22H38N2O3. The van der Waals surface area contributed by atoms with Gasteiger partial charge in [0.15, 0.2) is 0 Å². The van der Waals surface area contributed by atoms with Crippen LogP contribution in [0.1, 0.15) is 85.0 Å². The zero-order valence-electron chi connectivity index (χ0n) is 17.5. The van der Waals surface area contributed by atoms with E-state index in [0.29, 0.717) is 13.0 Å². The van der Waals surface area contributed by atoms with Gasteiger partial charge in [-0.1, -0.05) is 40.0 Å². The molecule has 1 aliphatic carbocycles. The highest BCUT2D eigenvalue weighted by molar-refractivity contribution is 5.78. The number of carbonyl (C=O) groups excluding carboxylic acids is 2. The van der Waals surface area contributed by atoms with E-state index in [1.165, 1.54) is 19.3 Å². The summed E-state index contributed by atoms with van der Waals surface area (Å²) in [5, 5.41) is 3.14. The lowest BCUT2D eigenvalue weighted by Crippen LogP contribution is -2.48. The first-order chi connectivity index (χ1) is 12.8. The largest absolute Gasteiger partial charge is 0.370 e. The smallest absolute Gasteiger partial charge is 0.223 e. The van der Waals surface area contributed by atoms with E-state index in [4.69, 9.17) is 4.74 Å². The Morgan fingerprint density at radius 1 is 1.04 bits per heavy atom. The average molecular weight is 379 g/mol. The summed E-state index contributed by atoms with van der Waals surface area (Å²) < 4.78 is 6.40. The topological polar surface area (TPSA) is 58.6 Å². The molecule has 2 amide bonds. The minimum atomic E-state index is -0.0707. The Morgan fingerprint density at radius 2 is 1.70 bits per heavy atom. The van der Waals surface area contributed by atoms with Gasteiger partial charge in [-0.2, -0.15) is 0 Å². The van der Waals surface area contributed by atoms with Gasteiger partial charge in [0.1, 0.15) is 0 Å². The molecule has 1 atom stereocenters. The molecule has 0 bridgehead atoms. The first-order valence-corrected chi connectivity index (χ1v) is 11.0. The highest BCUT2D eigenvalue weighted by atomic mass is 16.5. The minimum Gasteiger partial charge on any atom is -0.370 e. The quantitative estimate of drug-likeness (QED) is 0.812. The summed E-state index contributed by atoms with van der Waals surface area (Å²) >= 11 is 0. The van der Waals surface area contributed by atoms with Crippen molar-refractivity contribution in [2.45, 2.75) is 96.7 Å². The van der Waals surface area contributed by atoms with Gasteiger partial charge in [-0.15, -0.1) is 0 Å². The summed E-state index contributed by atoms with van der Waals surface area (Å²) in [6.45, 7) is 8.59. The summed E-state index contributed by atoms with van der Waals surface area (Å²) in [7, 11) is 0. The van der Waals surface area contributed by atoms with Crippen molar-refractivity contribution >= 4 is 11.8 Å².